The van der Waals surface area contributed by atoms with Gasteiger partial charge in [0.1, 0.15) is 0 Å². The number of hydrogen-bond acceptors (Lipinski definition) is 3. The van der Waals surface area contributed by atoms with Crippen molar-refractivity contribution in [3.63, 3.8) is 0 Å². The second kappa shape index (κ2) is 7.05. The predicted octanol–water partition coefficient (Wildman–Crippen LogP) is 4.93. The molecule has 0 unspecified atom stereocenters. The first kappa shape index (κ1) is 16.5. The summed E-state index contributed by atoms with van der Waals surface area (Å²) in [6.45, 7) is 0.417. The quantitative estimate of drug-likeness (QED) is 0.637. The molecule has 1 aromatic heterocycles. The molecule has 3 rings (SSSR count). The van der Waals surface area contributed by atoms with Crippen molar-refractivity contribution in [3.8, 4) is 0 Å². The molecule has 0 saturated carbocycles. The summed E-state index contributed by atoms with van der Waals surface area (Å²) in [5.41, 5.74) is 1.69. The van der Waals surface area contributed by atoms with E-state index in [4.69, 9.17) is 46.4 Å². The van der Waals surface area contributed by atoms with Gasteiger partial charge in [-0.05, 0) is 45.8 Å². The number of nitrogens with zero attached hydrogens (tertiary/aromatic N) is 4. The zero-order valence-electron chi connectivity index (χ0n) is 11.7. The smallest absolute Gasteiger partial charge is 0.156 e. The molecule has 0 fully saturated rings. The Balaban J connectivity index is 1.88. The van der Waals surface area contributed by atoms with E-state index in [1.54, 1.807) is 28.9 Å². The van der Waals surface area contributed by atoms with E-state index in [-0.39, 0.29) is 0 Å². The zero-order valence-corrected chi connectivity index (χ0v) is 14.7. The van der Waals surface area contributed by atoms with Crippen LogP contribution in [0.4, 0.5) is 0 Å². The van der Waals surface area contributed by atoms with Gasteiger partial charge in [0.15, 0.2) is 5.82 Å². The van der Waals surface area contributed by atoms with Crippen LogP contribution in [0.2, 0.25) is 20.1 Å². The molecule has 8 heteroatoms. The van der Waals surface area contributed by atoms with Crippen LogP contribution in [-0.2, 0) is 13.0 Å². The van der Waals surface area contributed by atoms with Gasteiger partial charge in [0.2, 0.25) is 0 Å². The number of benzene rings is 2. The molecule has 0 radical (unpaired) electrons. The second-order valence-electron chi connectivity index (χ2n) is 4.88. The highest BCUT2D eigenvalue weighted by atomic mass is 35.5. The normalized spacial score (nSPS) is 11.0. The van der Waals surface area contributed by atoms with Gasteiger partial charge in [0.05, 0.1) is 16.6 Å². The number of rotatable bonds is 4. The van der Waals surface area contributed by atoms with Crippen LogP contribution in [0.5, 0.6) is 0 Å². The monoisotopic (exact) mass is 386 g/mol. The van der Waals surface area contributed by atoms with Crippen LogP contribution < -0.4 is 0 Å². The maximum atomic E-state index is 6.22. The first-order valence-electron chi connectivity index (χ1n) is 6.66. The van der Waals surface area contributed by atoms with Crippen molar-refractivity contribution in [1.82, 2.24) is 20.2 Å². The molecule has 0 aliphatic heterocycles. The minimum atomic E-state index is 0.417. The molecule has 3 aromatic rings. The maximum absolute atomic E-state index is 6.22. The van der Waals surface area contributed by atoms with Gasteiger partial charge in [-0.2, -0.15) is 0 Å². The third-order valence-corrected chi connectivity index (χ3v) is 4.78. The van der Waals surface area contributed by atoms with E-state index in [2.05, 4.69) is 15.5 Å². The van der Waals surface area contributed by atoms with E-state index < -0.39 is 0 Å². The Kier molecular flexibility index (Phi) is 5.07. The molecule has 4 nitrogen and oxygen atoms in total. The summed E-state index contributed by atoms with van der Waals surface area (Å²) >= 11 is 24.5. The standard InChI is InChI=1S/C15H10Cl4N4/c16-11-4-5-12(17)10(6-11)8-23-14(20-21-22-23)7-9-2-1-3-13(18)15(9)19/h1-6H,7-8H2. The number of tetrazole rings is 1. The highest BCUT2D eigenvalue weighted by molar-refractivity contribution is 6.42. The summed E-state index contributed by atoms with van der Waals surface area (Å²) in [5, 5.41) is 14.0. The van der Waals surface area contributed by atoms with Crippen molar-refractivity contribution in [2.24, 2.45) is 0 Å². The van der Waals surface area contributed by atoms with Gasteiger partial charge >= 0.3 is 0 Å². The summed E-state index contributed by atoms with van der Waals surface area (Å²) in [7, 11) is 0. The number of halogens is 4. The highest BCUT2D eigenvalue weighted by Gasteiger charge is 2.13. The van der Waals surface area contributed by atoms with Crippen molar-refractivity contribution in [1.29, 1.82) is 0 Å². The van der Waals surface area contributed by atoms with Crippen molar-refractivity contribution in [3.05, 3.63) is 73.4 Å². The average Bonchev–Trinajstić information content (AvgIpc) is 2.95. The van der Waals surface area contributed by atoms with Gasteiger partial charge in [-0.25, -0.2) is 4.68 Å². The third kappa shape index (κ3) is 3.78. The molecule has 0 N–H and O–H groups in total. The lowest BCUT2D eigenvalue weighted by Gasteiger charge is -2.08. The number of hydrogen-bond donors (Lipinski definition) is 0. The maximum Gasteiger partial charge on any atom is 0.156 e. The van der Waals surface area contributed by atoms with Crippen LogP contribution in [0.15, 0.2) is 36.4 Å². The van der Waals surface area contributed by atoms with E-state index in [1.165, 1.54) is 0 Å². The first-order valence-corrected chi connectivity index (χ1v) is 8.17. The minimum Gasteiger partial charge on any atom is -0.225 e. The van der Waals surface area contributed by atoms with Crippen LogP contribution in [0.1, 0.15) is 17.0 Å². The van der Waals surface area contributed by atoms with Gasteiger partial charge in [0.25, 0.3) is 0 Å². The highest BCUT2D eigenvalue weighted by Crippen LogP contribution is 2.27. The van der Waals surface area contributed by atoms with Gasteiger partial charge in [0, 0.05) is 16.5 Å². The number of aromatic nitrogens is 4. The molecule has 1 heterocycles. The molecule has 0 saturated heterocycles. The Morgan fingerprint density at radius 3 is 2.57 bits per heavy atom. The predicted molar refractivity (Wildman–Crippen MR) is 92.6 cm³/mol. The van der Waals surface area contributed by atoms with Gasteiger partial charge < -0.3 is 0 Å². The Morgan fingerprint density at radius 2 is 1.74 bits per heavy atom. The molecule has 0 spiro atoms. The van der Waals surface area contributed by atoms with Gasteiger partial charge in [-0.1, -0.05) is 58.5 Å². The molecule has 0 amide bonds. The fourth-order valence-corrected chi connectivity index (χ4v) is 2.91. The summed E-state index contributed by atoms with van der Waals surface area (Å²) in [6, 6.07) is 10.7. The van der Waals surface area contributed by atoms with Crippen LogP contribution in [-0.4, -0.2) is 20.2 Å². The van der Waals surface area contributed by atoms with Crippen LogP contribution in [0.3, 0.4) is 0 Å². The summed E-state index contributed by atoms with van der Waals surface area (Å²) in [6.07, 6.45) is 0.463. The van der Waals surface area contributed by atoms with Crippen molar-refractivity contribution in [2.45, 2.75) is 13.0 Å². The van der Waals surface area contributed by atoms with E-state index in [1.807, 2.05) is 12.1 Å². The molecule has 0 atom stereocenters. The second-order valence-corrected chi connectivity index (χ2v) is 6.51. The van der Waals surface area contributed by atoms with Gasteiger partial charge in [-0.15, -0.1) is 5.10 Å². The van der Waals surface area contributed by atoms with Gasteiger partial charge in [-0.3, -0.25) is 0 Å². The topological polar surface area (TPSA) is 43.6 Å². The minimum absolute atomic E-state index is 0.417. The lowest BCUT2D eigenvalue weighted by atomic mass is 10.1. The van der Waals surface area contributed by atoms with Crippen LogP contribution in [0.25, 0.3) is 0 Å². The zero-order chi connectivity index (χ0) is 16.4. The Hall–Kier alpha value is -1.33. The summed E-state index contributed by atoms with van der Waals surface area (Å²) in [5.74, 6) is 0.658. The van der Waals surface area contributed by atoms with E-state index in [0.29, 0.717) is 38.9 Å². The molecular formula is C15H10Cl4N4. The van der Waals surface area contributed by atoms with Crippen molar-refractivity contribution in [2.75, 3.05) is 0 Å². The Labute approximate surface area is 152 Å². The largest absolute Gasteiger partial charge is 0.225 e. The molecule has 118 valence electrons. The molecule has 0 aliphatic carbocycles. The molecule has 23 heavy (non-hydrogen) atoms. The Morgan fingerprint density at radius 1 is 0.913 bits per heavy atom. The SMILES string of the molecule is Clc1ccc(Cl)c(Cn2nnnc2Cc2cccc(Cl)c2Cl)c1. The van der Waals surface area contributed by atoms with E-state index in [0.717, 1.165) is 11.1 Å². The van der Waals surface area contributed by atoms with Crippen molar-refractivity contribution < 1.29 is 0 Å². The molecule has 2 aromatic carbocycles. The third-order valence-electron chi connectivity index (χ3n) is 3.31. The Bertz CT molecular complexity index is 829. The summed E-state index contributed by atoms with van der Waals surface area (Å²) in [4.78, 5) is 0. The average molecular weight is 388 g/mol. The van der Waals surface area contributed by atoms with E-state index in [9.17, 15) is 0 Å². The molecular weight excluding hydrogens is 378 g/mol. The van der Waals surface area contributed by atoms with Crippen LogP contribution >= 0.6 is 46.4 Å². The van der Waals surface area contributed by atoms with Crippen molar-refractivity contribution >= 4 is 46.4 Å². The fourth-order valence-electron chi connectivity index (χ4n) is 2.15. The molecule has 0 bridgehead atoms. The fraction of sp³-hybridized carbons (Fsp3) is 0.133. The lowest BCUT2D eigenvalue weighted by molar-refractivity contribution is 0.625. The molecule has 0 aliphatic rings. The summed E-state index contributed by atoms with van der Waals surface area (Å²) < 4.78 is 1.66. The van der Waals surface area contributed by atoms with Crippen LogP contribution in [0, 0.1) is 0 Å². The van der Waals surface area contributed by atoms with E-state index >= 15 is 0 Å². The lowest BCUT2D eigenvalue weighted by Crippen LogP contribution is -2.08. The first-order chi connectivity index (χ1) is 11.0.